The normalized spacial score (nSPS) is 17.8. The predicted octanol–water partition coefficient (Wildman–Crippen LogP) is 1.90. The van der Waals surface area contributed by atoms with Gasteiger partial charge in [0.25, 0.3) is 5.91 Å². The van der Waals surface area contributed by atoms with Crippen LogP contribution in [-0.4, -0.2) is 24.8 Å². The number of benzene rings is 1. The van der Waals surface area contributed by atoms with Gasteiger partial charge in [-0.2, -0.15) is 5.48 Å². The number of ketones is 1. The van der Waals surface area contributed by atoms with Gasteiger partial charge in [0, 0.05) is 11.5 Å². The molecule has 0 saturated carbocycles. The van der Waals surface area contributed by atoms with Crippen LogP contribution in [0, 0.1) is 12.8 Å². The van der Waals surface area contributed by atoms with Crippen molar-refractivity contribution >= 4 is 17.7 Å². The average Bonchev–Trinajstić information content (AvgIpc) is 2.49. The van der Waals surface area contributed by atoms with Gasteiger partial charge in [-0.15, -0.1) is 0 Å². The van der Waals surface area contributed by atoms with E-state index in [9.17, 15) is 14.4 Å². The third kappa shape index (κ3) is 2.95. The zero-order valence-electron chi connectivity index (χ0n) is 13.1. The molecule has 1 aromatic rings. The van der Waals surface area contributed by atoms with Crippen LogP contribution in [0.25, 0.3) is 0 Å². The fraction of sp³-hybridized carbons (Fsp3) is 0.438. The van der Waals surface area contributed by atoms with Crippen molar-refractivity contribution in [1.82, 2.24) is 5.48 Å². The predicted molar refractivity (Wildman–Crippen MR) is 78.5 cm³/mol. The van der Waals surface area contributed by atoms with Gasteiger partial charge in [0.05, 0.1) is 25.0 Å². The minimum atomic E-state index is -0.533. The molecule has 6 nitrogen and oxygen atoms in total. The third-order valence-corrected chi connectivity index (χ3v) is 3.79. The van der Waals surface area contributed by atoms with E-state index >= 15 is 0 Å². The van der Waals surface area contributed by atoms with E-state index < -0.39 is 17.8 Å². The van der Waals surface area contributed by atoms with E-state index in [0.717, 1.165) is 5.56 Å². The molecular weight excluding hydrogens is 286 g/mol. The lowest BCUT2D eigenvalue weighted by molar-refractivity contribution is -0.141. The fourth-order valence-corrected chi connectivity index (χ4v) is 2.44. The van der Waals surface area contributed by atoms with E-state index in [2.05, 4.69) is 10.2 Å². The number of hydrogen-bond acceptors (Lipinski definition) is 5. The molecule has 0 radical (unpaired) electrons. The number of carbonyl (C=O) groups is 3. The number of nitrogens with one attached hydrogen (secondary N) is 1. The Morgan fingerprint density at radius 1 is 1.41 bits per heavy atom. The number of esters is 1. The molecule has 2 atom stereocenters. The highest BCUT2D eigenvalue weighted by Crippen LogP contribution is 2.35. The Bertz CT molecular complexity index is 638. The molecule has 2 unspecified atom stereocenters. The number of hydrogen-bond donors (Lipinski definition) is 1. The molecule has 2 rings (SSSR count). The number of Topliss-reactive ketones (excluding diaryl/α,β-unsaturated/α-hetero) is 1. The van der Waals surface area contributed by atoms with Gasteiger partial charge in [-0.3, -0.25) is 14.4 Å². The molecular formula is C16H19NO5. The van der Waals surface area contributed by atoms with E-state index in [1.54, 1.807) is 19.9 Å². The summed E-state index contributed by atoms with van der Waals surface area (Å²) in [6, 6.07) is 3.54. The molecule has 1 aliphatic heterocycles. The summed E-state index contributed by atoms with van der Waals surface area (Å²) in [6.07, 6.45) is -0.0000384. The molecule has 1 amide bonds. The van der Waals surface area contributed by atoms with Crippen molar-refractivity contribution in [2.45, 2.75) is 33.1 Å². The zero-order valence-corrected chi connectivity index (χ0v) is 13.1. The third-order valence-electron chi connectivity index (χ3n) is 3.79. The van der Waals surface area contributed by atoms with Gasteiger partial charge in [0.1, 0.15) is 0 Å². The Hall–Kier alpha value is -2.37. The second kappa shape index (κ2) is 6.17. The molecule has 1 heterocycles. The van der Waals surface area contributed by atoms with Gasteiger partial charge < -0.3 is 9.57 Å². The summed E-state index contributed by atoms with van der Waals surface area (Å²) >= 11 is 0. The fourth-order valence-electron chi connectivity index (χ4n) is 2.44. The smallest absolute Gasteiger partial charge is 0.306 e. The standard InChI is InChI=1S/C16H19NO5/c1-8-5-11-10(3)16(20)17-22-15(11)12(6-8)14(19)9(2)7-13(18)21-4/h5-6,9-10H,7H2,1-4H3,(H,17,20). The summed E-state index contributed by atoms with van der Waals surface area (Å²) in [5, 5.41) is 0. The lowest BCUT2D eigenvalue weighted by atomic mass is 9.89. The topological polar surface area (TPSA) is 81.7 Å². The summed E-state index contributed by atoms with van der Waals surface area (Å²) in [6.45, 7) is 5.27. The van der Waals surface area contributed by atoms with Crippen molar-refractivity contribution in [1.29, 1.82) is 0 Å². The summed E-state index contributed by atoms with van der Waals surface area (Å²) in [7, 11) is 1.29. The number of methoxy groups -OCH3 is 1. The summed E-state index contributed by atoms with van der Waals surface area (Å²) < 4.78 is 4.59. The van der Waals surface area contributed by atoms with Gasteiger partial charge in [0.2, 0.25) is 0 Å². The van der Waals surface area contributed by atoms with Crippen molar-refractivity contribution in [2.75, 3.05) is 7.11 Å². The number of rotatable bonds is 4. The number of aryl methyl sites for hydroxylation is 1. The van der Waals surface area contributed by atoms with Crippen molar-refractivity contribution in [3.63, 3.8) is 0 Å². The van der Waals surface area contributed by atoms with Gasteiger partial charge in [-0.25, -0.2) is 0 Å². The maximum Gasteiger partial charge on any atom is 0.306 e. The first-order valence-corrected chi connectivity index (χ1v) is 7.07. The van der Waals surface area contributed by atoms with Crippen LogP contribution in [0.1, 0.15) is 47.7 Å². The van der Waals surface area contributed by atoms with E-state index in [1.807, 2.05) is 13.0 Å². The monoisotopic (exact) mass is 305 g/mol. The Labute approximate surface area is 128 Å². The number of ether oxygens (including phenoxy) is 1. The van der Waals surface area contributed by atoms with Crippen molar-refractivity contribution in [2.24, 2.45) is 5.92 Å². The maximum atomic E-state index is 12.6. The van der Waals surface area contributed by atoms with Crippen LogP contribution in [-0.2, 0) is 14.3 Å². The Kier molecular flexibility index (Phi) is 4.49. The molecule has 118 valence electrons. The van der Waals surface area contributed by atoms with Crippen LogP contribution >= 0.6 is 0 Å². The minimum absolute atomic E-state index is 0.0000384. The van der Waals surface area contributed by atoms with Crippen LogP contribution in [0.5, 0.6) is 5.75 Å². The number of hydroxylamine groups is 1. The number of amides is 1. The zero-order chi connectivity index (χ0) is 16.4. The quantitative estimate of drug-likeness (QED) is 0.678. The molecule has 0 aromatic heterocycles. The molecule has 0 bridgehead atoms. The SMILES string of the molecule is COC(=O)CC(C)C(=O)c1cc(C)cc2c1ONC(=O)C2C. The van der Waals surface area contributed by atoms with Crippen LogP contribution < -0.4 is 10.3 Å². The number of fused-ring (bicyclic) bond motifs is 1. The van der Waals surface area contributed by atoms with Crippen LogP contribution in [0.2, 0.25) is 0 Å². The van der Waals surface area contributed by atoms with Gasteiger partial charge in [0.15, 0.2) is 11.5 Å². The first-order chi connectivity index (χ1) is 10.3. The second-order valence-corrected chi connectivity index (χ2v) is 5.57. The lowest BCUT2D eigenvalue weighted by Gasteiger charge is -2.25. The molecule has 0 aliphatic carbocycles. The molecule has 0 fully saturated rings. The van der Waals surface area contributed by atoms with E-state index in [-0.39, 0.29) is 18.1 Å². The minimum Gasteiger partial charge on any atom is -0.469 e. The average molecular weight is 305 g/mol. The molecule has 0 saturated heterocycles. The summed E-state index contributed by atoms with van der Waals surface area (Å²) in [4.78, 5) is 40.9. The maximum absolute atomic E-state index is 12.6. The summed E-state index contributed by atoms with van der Waals surface area (Å²) in [5.74, 6) is -1.47. The van der Waals surface area contributed by atoms with Crippen LogP contribution in [0.15, 0.2) is 12.1 Å². The highest BCUT2D eigenvalue weighted by molar-refractivity contribution is 6.03. The van der Waals surface area contributed by atoms with Crippen LogP contribution in [0.4, 0.5) is 0 Å². The van der Waals surface area contributed by atoms with E-state index in [0.29, 0.717) is 16.9 Å². The summed E-state index contributed by atoms with van der Waals surface area (Å²) in [5.41, 5.74) is 4.22. The molecule has 0 spiro atoms. The largest absolute Gasteiger partial charge is 0.469 e. The van der Waals surface area contributed by atoms with Crippen molar-refractivity contribution in [3.05, 3.63) is 28.8 Å². The van der Waals surface area contributed by atoms with Crippen LogP contribution in [0.3, 0.4) is 0 Å². The highest BCUT2D eigenvalue weighted by atomic mass is 16.7. The molecule has 1 aliphatic rings. The Morgan fingerprint density at radius 3 is 2.73 bits per heavy atom. The van der Waals surface area contributed by atoms with Gasteiger partial charge in [-0.1, -0.05) is 13.0 Å². The molecule has 6 heteroatoms. The van der Waals surface area contributed by atoms with Crippen molar-refractivity contribution < 1.29 is 24.0 Å². The van der Waals surface area contributed by atoms with E-state index in [1.165, 1.54) is 7.11 Å². The molecule has 1 N–H and O–H groups in total. The first-order valence-electron chi connectivity index (χ1n) is 7.07. The first kappa shape index (κ1) is 16.0. The Morgan fingerprint density at radius 2 is 2.09 bits per heavy atom. The molecule has 1 aromatic carbocycles. The number of carbonyl (C=O) groups excluding carboxylic acids is 3. The highest BCUT2D eigenvalue weighted by Gasteiger charge is 2.31. The van der Waals surface area contributed by atoms with E-state index in [4.69, 9.17) is 4.84 Å². The van der Waals surface area contributed by atoms with Gasteiger partial charge in [-0.05, 0) is 25.5 Å². The molecule has 22 heavy (non-hydrogen) atoms. The van der Waals surface area contributed by atoms with Crippen molar-refractivity contribution in [3.8, 4) is 5.75 Å². The van der Waals surface area contributed by atoms with Gasteiger partial charge >= 0.3 is 5.97 Å². The second-order valence-electron chi connectivity index (χ2n) is 5.57. The lowest BCUT2D eigenvalue weighted by Crippen LogP contribution is -2.37. The Balaban J connectivity index is 2.39.